The van der Waals surface area contributed by atoms with Gasteiger partial charge in [-0.05, 0) is 20.0 Å². The summed E-state index contributed by atoms with van der Waals surface area (Å²) < 4.78 is 39.2. The standard InChI is InChI=1S/C22H21Cl2F3N8O2S/c1-11(32-20(37)17-16(24)18(31-10-30-17)35-5-3-34(2)4-6-35)21-29-9-14(38-21)19(36)33-15-7-12(22(25,26)27)13(23)8-28-15/h7-11H,3-6H2,1-2H3,(H,32,37)(H,28,33,36). The van der Waals surface area contributed by atoms with Gasteiger partial charge in [-0.3, -0.25) is 9.59 Å². The first-order valence-corrected chi connectivity index (χ1v) is 12.8. The molecule has 4 rings (SSSR count). The van der Waals surface area contributed by atoms with Gasteiger partial charge in [-0.15, -0.1) is 11.3 Å². The molecule has 0 spiro atoms. The van der Waals surface area contributed by atoms with Crippen LogP contribution in [0.25, 0.3) is 0 Å². The number of anilines is 2. The molecule has 1 aliphatic heterocycles. The van der Waals surface area contributed by atoms with Crippen LogP contribution in [0.15, 0.2) is 24.8 Å². The number of piperazine rings is 1. The van der Waals surface area contributed by atoms with Crippen molar-refractivity contribution in [3.8, 4) is 0 Å². The summed E-state index contributed by atoms with van der Waals surface area (Å²) in [5.41, 5.74) is -1.11. The first kappa shape index (κ1) is 28.0. The lowest BCUT2D eigenvalue weighted by Crippen LogP contribution is -2.45. The van der Waals surface area contributed by atoms with E-state index >= 15 is 0 Å². The fraction of sp³-hybridized carbons (Fsp3) is 0.364. The molecule has 1 atom stereocenters. The number of hydrogen-bond acceptors (Lipinski definition) is 9. The number of aromatic nitrogens is 4. The summed E-state index contributed by atoms with van der Waals surface area (Å²) in [4.78, 5) is 45.9. The van der Waals surface area contributed by atoms with Crippen molar-refractivity contribution in [3.05, 3.63) is 56.0 Å². The summed E-state index contributed by atoms with van der Waals surface area (Å²) >= 11 is 13.0. The van der Waals surface area contributed by atoms with Crippen LogP contribution in [0.4, 0.5) is 24.8 Å². The molecule has 1 unspecified atom stereocenters. The van der Waals surface area contributed by atoms with E-state index in [0.29, 0.717) is 30.0 Å². The molecule has 0 saturated carbocycles. The zero-order valence-electron chi connectivity index (χ0n) is 20.0. The number of likely N-dealkylation sites (N-methyl/N-ethyl adjacent to an activating group) is 1. The first-order valence-electron chi connectivity index (χ1n) is 11.2. The number of amides is 2. The Hall–Kier alpha value is -3.07. The number of rotatable bonds is 6. The van der Waals surface area contributed by atoms with E-state index in [9.17, 15) is 22.8 Å². The van der Waals surface area contributed by atoms with Crippen LogP contribution in [0, 0.1) is 0 Å². The molecular formula is C22H21Cl2F3N8O2S. The van der Waals surface area contributed by atoms with E-state index < -0.39 is 34.6 Å². The Morgan fingerprint density at radius 2 is 1.76 bits per heavy atom. The largest absolute Gasteiger partial charge is 0.418 e. The molecule has 202 valence electrons. The lowest BCUT2D eigenvalue weighted by atomic mass is 10.2. The second-order valence-corrected chi connectivity index (χ2v) is 10.3. The summed E-state index contributed by atoms with van der Waals surface area (Å²) in [5, 5.41) is 4.98. The zero-order chi connectivity index (χ0) is 27.6. The monoisotopic (exact) mass is 588 g/mol. The number of hydrogen-bond donors (Lipinski definition) is 2. The predicted molar refractivity (Wildman–Crippen MR) is 137 cm³/mol. The third kappa shape index (κ3) is 6.31. The Bertz CT molecular complexity index is 1350. The zero-order valence-corrected chi connectivity index (χ0v) is 22.3. The third-order valence-electron chi connectivity index (χ3n) is 5.66. The molecular weight excluding hydrogens is 568 g/mol. The smallest absolute Gasteiger partial charge is 0.353 e. The van der Waals surface area contributed by atoms with Crippen molar-refractivity contribution in [2.75, 3.05) is 43.4 Å². The van der Waals surface area contributed by atoms with E-state index in [0.717, 1.165) is 30.6 Å². The third-order valence-corrected chi connectivity index (χ3v) is 7.48. The van der Waals surface area contributed by atoms with E-state index in [-0.39, 0.29) is 21.4 Å². The van der Waals surface area contributed by atoms with Crippen molar-refractivity contribution < 1.29 is 22.8 Å². The van der Waals surface area contributed by atoms with Crippen LogP contribution >= 0.6 is 34.5 Å². The van der Waals surface area contributed by atoms with Gasteiger partial charge in [0.05, 0.1) is 22.8 Å². The van der Waals surface area contributed by atoms with Crippen molar-refractivity contribution in [3.63, 3.8) is 0 Å². The molecule has 1 fully saturated rings. The minimum Gasteiger partial charge on any atom is -0.353 e. The molecule has 16 heteroatoms. The highest BCUT2D eigenvalue weighted by atomic mass is 35.5. The highest BCUT2D eigenvalue weighted by molar-refractivity contribution is 7.13. The molecule has 0 aromatic carbocycles. The summed E-state index contributed by atoms with van der Waals surface area (Å²) in [6.07, 6.45) is -1.37. The van der Waals surface area contributed by atoms with Crippen LogP contribution in [0.5, 0.6) is 0 Å². The summed E-state index contributed by atoms with van der Waals surface area (Å²) in [6.45, 7) is 4.73. The van der Waals surface area contributed by atoms with Crippen LogP contribution in [0.2, 0.25) is 10.0 Å². The molecule has 38 heavy (non-hydrogen) atoms. The average molecular weight is 589 g/mol. The van der Waals surface area contributed by atoms with E-state index in [2.05, 4.69) is 35.5 Å². The first-order chi connectivity index (χ1) is 17.9. The van der Waals surface area contributed by atoms with Gasteiger partial charge in [-0.2, -0.15) is 13.2 Å². The fourth-order valence-electron chi connectivity index (χ4n) is 3.58. The van der Waals surface area contributed by atoms with E-state index in [1.807, 2.05) is 11.9 Å². The van der Waals surface area contributed by atoms with E-state index in [1.54, 1.807) is 6.92 Å². The predicted octanol–water partition coefficient (Wildman–Crippen LogP) is 4.15. The maximum absolute atomic E-state index is 13.1. The molecule has 0 aliphatic carbocycles. The van der Waals surface area contributed by atoms with Crippen LogP contribution in [0.3, 0.4) is 0 Å². The highest BCUT2D eigenvalue weighted by Crippen LogP contribution is 2.35. The number of pyridine rings is 1. The van der Waals surface area contributed by atoms with Crippen LogP contribution in [-0.4, -0.2) is 69.9 Å². The highest BCUT2D eigenvalue weighted by Gasteiger charge is 2.34. The molecule has 1 saturated heterocycles. The van der Waals surface area contributed by atoms with Gasteiger partial charge in [0.15, 0.2) is 11.5 Å². The molecule has 0 bridgehead atoms. The Kier molecular flexibility index (Phi) is 8.35. The van der Waals surface area contributed by atoms with Crippen molar-refractivity contribution >= 4 is 58.0 Å². The summed E-state index contributed by atoms with van der Waals surface area (Å²) in [6, 6.07) is 0.0186. The van der Waals surface area contributed by atoms with Gasteiger partial charge in [0.25, 0.3) is 11.8 Å². The molecule has 4 heterocycles. The fourth-order valence-corrected chi connectivity index (χ4v) is 4.91. The molecule has 2 amide bonds. The normalized spacial score (nSPS) is 15.3. The number of nitrogens with zero attached hydrogens (tertiary/aromatic N) is 6. The number of carbonyl (C=O) groups excluding carboxylic acids is 2. The quantitative estimate of drug-likeness (QED) is 0.441. The molecule has 1 aliphatic rings. The van der Waals surface area contributed by atoms with Crippen LogP contribution in [-0.2, 0) is 6.18 Å². The minimum absolute atomic E-state index is 0.00579. The molecule has 2 N–H and O–H groups in total. The molecule has 0 radical (unpaired) electrons. The minimum atomic E-state index is -4.71. The number of halogens is 5. The van der Waals surface area contributed by atoms with Crippen molar-refractivity contribution in [1.82, 2.24) is 30.2 Å². The second-order valence-electron chi connectivity index (χ2n) is 8.41. The topological polar surface area (TPSA) is 116 Å². The average Bonchev–Trinajstić information content (AvgIpc) is 3.36. The lowest BCUT2D eigenvalue weighted by molar-refractivity contribution is -0.137. The van der Waals surface area contributed by atoms with Gasteiger partial charge in [-0.1, -0.05) is 23.2 Å². The van der Waals surface area contributed by atoms with Gasteiger partial charge in [0, 0.05) is 32.4 Å². The van der Waals surface area contributed by atoms with E-state index in [1.165, 1.54) is 12.5 Å². The van der Waals surface area contributed by atoms with Crippen LogP contribution in [0.1, 0.15) is 43.7 Å². The van der Waals surface area contributed by atoms with Gasteiger partial charge in [-0.25, -0.2) is 19.9 Å². The van der Waals surface area contributed by atoms with Crippen molar-refractivity contribution in [1.29, 1.82) is 0 Å². The summed E-state index contributed by atoms with van der Waals surface area (Å²) in [5.74, 6) is -1.11. The Balaban J connectivity index is 1.42. The summed E-state index contributed by atoms with van der Waals surface area (Å²) in [7, 11) is 2.02. The van der Waals surface area contributed by atoms with E-state index in [4.69, 9.17) is 23.2 Å². The Morgan fingerprint density at radius 1 is 1.05 bits per heavy atom. The van der Waals surface area contributed by atoms with Crippen molar-refractivity contribution in [2.24, 2.45) is 0 Å². The maximum Gasteiger partial charge on any atom is 0.418 e. The number of alkyl halides is 3. The number of thiazole rings is 1. The Labute approximate surface area is 229 Å². The van der Waals surface area contributed by atoms with Gasteiger partial charge < -0.3 is 20.4 Å². The molecule has 3 aromatic heterocycles. The SMILES string of the molecule is CC(NC(=O)c1ncnc(N2CCN(C)CC2)c1Cl)c1ncc(C(=O)Nc2cc(C(F)(F)F)c(Cl)cn2)s1. The second kappa shape index (κ2) is 11.4. The van der Waals surface area contributed by atoms with Gasteiger partial charge in [0.1, 0.15) is 27.1 Å². The van der Waals surface area contributed by atoms with Gasteiger partial charge >= 0.3 is 6.18 Å². The molecule has 3 aromatic rings. The maximum atomic E-state index is 13.1. The number of carbonyl (C=O) groups is 2. The lowest BCUT2D eigenvalue weighted by Gasteiger charge is -2.33. The number of nitrogens with one attached hydrogen (secondary N) is 2. The van der Waals surface area contributed by atoms with Gasteiger partial charge in [0.2, 0.25) is 0 Å². The Morgan fingerprint density at radius 3 is 2.45 bits per heavy atom. The van der Waals surface area contributed by atoms with Crippen LogP contribution < -0.4 is 15.5 Å². The molecule has 10 nitrogen and oxygen atoms in total. The van der Waals surface area contributed by atoms with Crippen molar-refractivity contribution in [2.45, 2.75) is 19.1 Å².